The Morgan fingerprint density at radius 2 is 1.90 bits per heavy atom. The van der Waals surface area contributed by atoms with E-state index in [9.17, 15) is 26.7 Å². The zero-order valence-electron chi connectivity index (χ0n) is 16.9. The fourth-order valence-corrected chi connectivity index (χ4v) is 3.95. The first-order valence-electron chi connectivity index (χ1n) is 9.68. The topological polar surface area (TPSA) is 33.2 Å². The molecule has 1 aliphatic rings. The van der Waals surface area contributed by atoms with Crippen molar-refractivity contribution in [3.8, 4) is 0 Å². The number of aryl methyl sites for hydroxylation is 1. The van der Waals surface area contributed by atoms with Crippen molar-refractivity contribution < 1.29 is 26.7 Å². The third-order valence-corrected chi connectivity index (χ3v) is 5.51. The van der Waals surface area contributed by atoms with Crippen molar-refractivity contribution in [2.24, 2.45) is 5.92 Å². The van der Waals surface area contributed by atoms with Gasteiger partial charge in [0, 0.05) is 25.2 Å². The van der Waals surface area contributed by atoms with Crippen molar-refractivity contribution >= 4 is 5.91 Å². The Morgan fingerprint density at radius 3 is 2.50 bits per heavy atom. The Hall–Kier alpha value is -2.51. The molecule has 2 atom stereocenters. The maximum Gasteiger partial charge on any atom is 0.418 e. The van der Waals surface area contributed by atoms with E-state index < -0.39 is 41.2 Å². The highest BCUT2D eigenvalue weighted by Gasteiger charge is 2.40. The van der Waals surface area contributed by atoms with E-state index in [1.54, 1.807) is 4.90 Å². The Kier molecular flexibility index (Phi) is 5.89. The van der Waals surface area contributed by atoms with E-state index in [2.05, 4.69) is 4.98 Å². The number of pyridine rings is 1. The van der Waals surface area contributed by atoms with Gasteiger partial charge in [-0.1, -0.05) is 36.8 Å². The summed E-state index contributed by atoms with van der Waals surface area (Å²) in [6.07, 6.45) is -4.05. The lowest BCUT2D eigenvalue weighted by Crippen LogP contribution is -2.34. The summed E-state index contributed by atoms with van der Waals surface area (Å²) in [5.41, 5.74) is -0.717. The normalized spacial score (nSPS) is 19.9. The highest BCUT2D eigenvalue weighted by molar-refractivity contribution is 5.79. The van der Waals surface area contributed by atoms with Crippen LogP contribution in [0, 0.1) is 12.8 Å². The monoisotopic (exact) mass is 426 g/mol. The molecule has 162 valence electrons. The van der Waals surface area contributed by atoms with E-state index in [0.717, 1.165) is 17.5 Å². The Bertz CT molecular complexity index is 936. The van der Waals surface area contributed by atoms with Crippen molar-refractivity contribution in [2.45, 2.75) is 51.8 Å². The number of alkyl halides is 5. The summed E-state index contributed by atoms with van der Waals surface area (Å²) < 4.78 is 67.4. The van der Waals surface area contributed by atoms with Crippen LogP contribution in [0.5, 0.6) is 0 Å². The molecule has 0 spiro atoms. The van der Waals surface area contributed by atoms with Crippen LogP contribution < -0.4 is 0 Å². The van der Waals surface area contributed by atoms with Gasteiger partial charge in [-0.05, 0) is 30.9 Å². The fourth-order valence-electron chi connectivity index (χ4n) is 3.95. The molecule has 1 saturated heterocycles. The molecule has 0 saturated carbocycles. The van der Waals surface area contributed by atoms with E-state index in [1.165, 1.54) is 0 Å². The molecule has 0 N–H and O–H groups in total. The number of hydrogen-bond acceptors (Lipinski definition) is 2. The van der Waals surface area contributed by atoms with E-state index >= 15 is 0 Å². The molecule has 0 radical (unpaired) electrons. The molecule has 2 unspecified atom stereocenters. The second kappa shape index (κ2) is 7.96. The van der Waals surface area contributed by atoms with Gasteiger partial charge in [0.2, 0.25) is 5.91 Å². The number of likely N-dealkylation sites (tertiary alicyclic amines) is 1. The van der Waals surface area contributed by atoms with Crippen LogP contribution in [0.1, 0.15) is 54.3 Å². The summed E-state index contributed by atoms with van der Waals surface area (Å²) in [6.45, 7) is 4.86. The summed E-state index contributed by atoms with van der Waals surface area (Å²) in [6, 6.07) is 7.82. The van der Waals surface area contributed by atoms with Crippen molar-refractivity contribution in [3.63, 3.8) is 0 Å². The fraction of sp³-hybridized carbons (Fsp3) is 0.455. The Balaban J connectivity index is 1.91. The molecule has 1 amide bonds. The molecule has 3 nitrogen and oxygen atoms in total. The van der Waals surface area contributed by atoms with Crippen molar-refractivity contribution in [1.82, 2.24) is 9.88 Å². The second-order valence-electron chi connectivity index (χ2n) is 7.99. The largest absolute Gasteiger partial charge is 0.418 e. The Labute approximate surface area is 171 Å². The van der Waals surface area contributed by atoms with Gasteiger partial charge in [0.05, 0.1) is 23.7 Å². The first kappa shape index (κ1) is 22.2. The van der Waals surface area contributed by atoms with Crippen LogP contribution in [-0.2, 0) is 23.3 Å². The molecule has 1 aromatic heterocycles. The van der Waals surface area contributed by atoms with Crippen LogP contribution in [0.2, 0.25) is 0 Å². The van der Waals surface area contributed by atoms with Gasteiger partial charge in [-0.3, -0.25) is 9.78 Å². The molecule has 8 heteroatoms. The number of amides is 1. The number of nitrogens with zero attached hydrogens (tertiary/aromatic N) is 2. The van der Waals surface area contributed by atoms with Crippen molar-refractivity contribution in [1.29, 1.82) is 0 Å². The minimum absolute atomic E-state index is 0.145. The van der Waals surface area contributed by atoms with Crippen LogP contribution >= 0.6 is 0 Å². The minimum Gasteiger partial charge on any atom is -0.335 e. The molecule has 0 bridgehead atoms. The number of halogens is 5. The van der Waals surface area contributed by atoms with Gasteiger partial charge < -0.3 is 4.90 Å². The zero-order valence-corrected chi connectivity index (χ0v) is 16.9. The van der Waals surface area contributed by atoms with Crippen LogP contribution in [0.3, 0.4) is 0 Å². The number of aromatic nitrogens is 1. The smallest absolute Gasteiger partial charge is 0.335 e. The van der Waals surface area contributed by atoms with Crippen LogP contribution in [-0.4, -0.2) is 22.3 Å². The van der Waals surface area contributed by atoms with E-state index in [-0.39, 0.29) is 12.0 Å². The summed E-state index contributed by atoms with van der Waals surface area (Å²) in [5, 5.41) is 0. The van der Waals surface area contributed by atoms with Crippen molar-refractivity contribution in [2.75, 3.05) is 6.54 Å². The molecule has 1 aromatic carbocycles. The van der Waals surface area contributed by atoms with Gasteiger partial charge in [0.25, 0.3) is 5.92 Å². The lowest BCUT2D eigenvalue weighted by molar-refractivity contribution is -0.139. The molecule has 30 heavy (non-hydrogen) atoms. The van der Waals surface area contributed by atoms with Crippen LogP contribution in [0.15, 0.2) is 36.5 Å². The minimum atomic E-state index is -4.89. The summed E-state index contributed by atoms with van der Waals surface area (Å²) in [5.74, 6) is -3.82. The van der Waals surface area contributed by atoms with E-state index in [0.29, 0.717) is 25.7 Å². The number of benzene rings is 1. The average Bonchev–Trinajstić information content (AvgIpc) is 3.02. The third-order valence-electron chi connectivity index (χ3n) is 5.51. The predicted octanol–water partition coefficient (Wildman–Crippen LogP) is 5.67. The predicted molar refractivity (Wildman–Crippen MR) is 102 cm³/mol. The van der Waals surface area contributed by atoms with Gasteiger partial charge in [-0.25, -0.2) is 8.78 Å². The zero-order chi connectivity index (χ0) is 22.3. The maximum atomic E-state index is 13.5. The van der Waals surface area contributed by atoms with Gasteiger partial charge in [0.1, 0.15) is 0 Å². The third kappa shape index (κ3) is 4.63. The van der Waals surface area contributed by atoms with Crippen LogP contribution in [0.4, 0.5) is 22.0 Å². The number of hydrogen-bond donors (Lipinski definition) is 0. The van der Waals surface area contributed by atoms with Gasteiger partial charge in [-0.2, -0.15) is 13.2 Å². The molecule has 0 aliphatic carbocycles. The molecular formula is C22H23F5N2O. The SMILES string of the molecule is Cc1cccc(C2C(C)CCN2C(=O)Cc2ncc(C(C)(F)F)cc2C(F)(F)F)c1. The van der Waals surface area contributed by atoms with E-state index in [4.69, 9.17) is 0 Å². The highest BCUT2D eigenvalue weighted by atomic mass is 19.4. The lowest BCUT2D eigenvalue weighted by atomic mass is 9.94. The molecule has 1 fully saturated rings. The second-order valence-corrected chi connectivity index (χ2v) is 7.99. The molecule has 3 rings (SSSR count). The molecule has 2 heterocycles. The number of carbonyl (C=O) groups excluding carboxylic acids is 1. The highest BCUT2D eigenvalue weighted by Crippen LogP contribution is 2.39. The summed E-state index contributed by atoms with van der Waals surface area (Å²) in [7, 11) is 0. The molecular weight excluding hydrogens is 403 g/mol. The number of rotatable bonds is 4. The van der Waals surface area contributed by atoms with Crippen molar-refractivity contribution in [3.05, 3.63) is 64.5 Å². The first-order valence-corrected chi connectivity index (χ1v) is 9.68. The quantitative estimate of drug-likeness (QED) is 0.590. The first-order chi connectivity index (χ1) is 13.9. The lowest BCUT2D eigenvalue weighted by Gasteiger charge is -2.28. The summed E-state index contributed by atoms with van der Waals surface area (Å²) >= 11 is 0. The Morgan fingerprint density at radius 1 is 1.20 bits per heavy atom. The molecule has 2 aromatic rings. The maximum absolute atomic E-state index is 13.5. The standard InChI is InChI=1S/C22H23F5N2O/c1-13-5-4-6-15(9-13)20-14(2)7-8-29(20)19(30)11-18-17(22(25,26)27)10-16(12-28-18)21(3,23)24/h4-6,9-10,12,14,20H,7-8,11H2,1-3H3. The molecule has 1 aliphatic heterocycles. The summed E-state index contributed by atoms with van der Waals surface area (Å²) in [4.78, 5) is 18.1. The number of carbonyl (C=O) groups is 1. The van der Waals surface area contributed by atoms with Gasteiger partial charge >= 0.3 is 6.18 Å². The average molecular weight is 426 g/mol. The van der Waals surface area contributed by atoms with Gasteiger partial charge in [-0.15, -0.1) is 0 Å². The van der Waals surface area contributed by atoms with E-state index in [1.807, 2.05) is 38.1 Å². The van der Waals surface area contributed by atoms with Crippen LogP contribution in [0.25, 0.3) is 0 Å². The van der Waals surface area contributed by atoms with Gasteiger partial charge in [0.15, 0.2) is 0 Å².